The maximum absolute atomic E-state index is 6.01. The zero-order valence-corrected chi connectivity index (χ0v) is 11.7. The van der Waals surface area contributed by atoms with Gasteiger partial charge in [-0.1, -0.05) is 17.7 Å². The summed E-state index contributed by atoms with van der Waals surface area (Å²) in [5.41, 5.74) is 3.42. The standard InChI is InChI=1S/C17H23NO/c1-12-2-5-16-13(8-12)9-15(19-16)10-18-11-17(6-7-17)14-3-4-14/h2,5,8,14-15,18H,3-4,6-7,9-11H2,1H3. The third kappa shape index (κ3) is 2.27. The molecule has 1 heterocycles. The van der Waals surface area contributed by atoms with Crippen LogP contribution >= 0.6 is 0 Å². The van der Waals surface area contributed by atoms with E-state index in [4.69, 9.17) is 4.74 Å². The Labute approximate surface area is 115 Å². The summed E-state index contributed by atoms with van der Waals surface area (Å²) in [7, 11) is 0. The highest BCUT2D eigenvalue weighted by atomic mass is 16.5. The zero-order chi connectivity index (χ0) is 12.9. The van der Waals surface area contributed by atoms with Gasteiger partial charge in [0.25, 0.3) is 0 Å². The molecule has 0 bridgehead atoms. The Morgan fingerprint density at radius 2 is 2.16 bits per heavy atom. The Kier molecular flexibility index (Phi) is 2.63. The number of hydrogen-bond donors (Lipinski definition) is 1. The first-order valence-electron chi connectivity index (χ1n) is 7.72. The molecule has 0 saturated heterocycles. The molecular weight excluding hydrogens is 234 g/mol. The van der Waals surface area contributed by atoms with Crippen molar-refractivity contribution in [2.75, 3.05) is 13.1 Å². The molecule has 2 aliphatic carbocycles. The van der Waals surface area contributed by atoms with Crippen molar-refractivity contribution < 1.29 is 4.74 Å². The van der Waals surface area contributed by atoms with Crippen LogP contribution in [0.2, 0.25) is 0 Å². The summed E-state index contributed by atoms with van der Waals surface area (Å²) in [5.74, 6) is 2.14. The molecule has 1 aromatic carbocycles. The number of rotatable bonds is 5. The van der Waals surface area contributed by atoms with E-state index >= 15 is 0 Å². The maximum atomic E-state index is 6.01. The van der Waals surface area contributed by atoms with Crippen LogP contribution in [-0.2, 0) is 6.42 Å². The lowest BCUT2D eigenvalue weighted by Crippen LogP contribution is -2.34. The second-order valence-electron chi connectivity index (χ2n) is 6.82. The highest BCUT2D eigenvalue weighted by molar-refractivity contribution is 5.40. The summed E-state index contributed by atoms with van der Waals surface area (Å²) < 4.78 is 6.01. The van der Waals surface area contributed by atoms with Gasteiger partial charge in [0.1, 0.15) is 11.9 Å². The lowest BCUT2D eigenvalue weighted by Gasteiger charge is -2.17. The Morgan fingerprint density at radius 1 is 1.32 bits per heavy atom. The molecule has 3 aliphatic rings. The van der Waals surface area contributed by atoms with Gasteiger partial charge in [0.2, 0.25) is 0 Å². The van der Waals surface area contributed by atoms with Crippen LogP contribution in [-0.4, -0.2) is 19.2 Å². The van der Waals surface area contributed by atoms with Crippen molar-refractivity contribution in [2.24, 2.45) is 11.3 Å². The predicted molar refractivity (Wildman–Crippen MR) is 76.6 cm³/mol. The second kappa shape index (κ2) is 4.24. The summed E-state index contributed by atoms with van der Waals surface area (Å²) in [6.07, 6.45) is 7.27. The van der Waals surface area contributed by atoms with Gasteiger partial charge in [0, 0.05) is 19.5 Å². The second-order valence-corrected chi connectivity index (χ2v) is 6.82. The molecular formula is C17H23NO. The molecule has 2 nitrogen and oxygen atoms in total. The average Bonchev–Trinajstić information content (AvgIpc) is 3.26. The van der Waals surface area contributed by atoms with E-state index in [1.807, 2.05) is 0 Å². The van der Waals surface area contributed by atoms with Gasteiger partial charge in [-0.3, -0.25) is 0 Å². The molecule has 2 fully saturated rings. The molecule has 4 rings (SSSR count). The van der Waals surface area contributed by atoms with Crippen LogP contribution < -0.4 is 10.1 Å². The SMILES string of the molecule is Cc1ccc2c(c1)CC(CNCC1(C3CC3)CC1)O2. The van der Waals surface area contributed by atoms with E-state index in [0.717, 1.165) is 24.6 Å². The number of ether oxygens (including phenoxy) is 1. The van der Waals surface area contributed by atoms with Crippen molar-refractivity contribution in [3.8, 4) is 5.75 Å². The average molecular weight is 257 g/mol. The van der Waals surface area contributed by atoms with Crippen LogP contribution in [0.25, 0.3) is 0 Å². The van der Waals surface area contributed by atoms with Crippen LogP contribution in [0.5, 0.6) is 5.75 Å². The first-order valence-corrected chi connectivity index (χ1v) is 7.72. The zero-order valence-electron chi connectivity index (χ0n) is 11.7. The minimum absolute atomic E-state index is 0.340. The summed E-state index contributed by atoms with van der Waals surface area (Å²) in [5, 5.41) is 3.68. The Hall–Kier alpha value is -1.02. The molecule has 0 radical (unpaired) electrons. The van der Waals surface area contributed by atoms with Gasteiger partial charge in [-0.2, -0.15) is 0 Å². The van der Waals surface area contributed by atoms with Gasteiger partial charge in [-0.05, 0) is 55.6 Å². The fraction of sp³-hybridized carbons (Fsp3) is 0.647. The Morgan fingerprint density at radius 3 is 2.89 bits per heavy atom. The maximum Gasteiger partial charge on any atom is 0.123 e. The van der Waals surface area contributed by atoms with Crippen LogP contribution in [0.1, 0.15) is 36.8 Å². The molecule has 1 aliphatic heterocycles. The highest BCUT2D eigenvalue weighted by Crippen LogP contribution is 2.60. The molecule has 1 unspecified atom stereocenters. The van der Waals surface area contributed by atoms with E-state index in [9.17, 15) is 0 Å². The number of nitrogens with one attached hydrogen (secondary N) is 1. The lowest BCUT2D eigenvalue weighted by molar-refractivity contribution is 0.221. The topological polar surface area (TPSA) is 21.3 Å². The number of fused-ring (bicyclic) bond motifs is 1. The minimum atomic E-state index is 0.340. The van der Waals surface area contributed by atoms with E-state index in [1.54, 1.807) is 0 Å². The highest BCUT2D eigenvalue weighted by Gasteiger charge is 2.53. The third-order valence-corrected chi connectivity index (χ3v) is 5.14. The van der Waals surface area contributed by atoms with E-state index in [0.29, 0.717) is 11.5 Å². The van der Waals surface area contributed by atoms with Crippen molar-refractivity contribution in [2.45, 2.75) is 45.1 Å². The smallest absolute Gasteiger partial charge is 0.123 e. The van der Waals surface area contributed by atoms with Crippen molar-refractivity contribution in [3.63, 3.8) is 0 Å². The van der Waals surface area contributed by atoms with E-state index in [1.165, 1.54) is 43.4 Å². The summed E-state index contributed by atoms with van der Waals surface area (Å²) in [4.78, 5) is 0. The first kappa shape index (κ1) is 11.8. The molecule has 1 atom stereocenters. The lowest BCUT2D eigenvalue weighted by atomic mass is 10.0. The summed E-state index contributed by atoms with van der Waals surface area (Å²) >= 11 is 0. The molecule has 19 heavy (non-hydrogen) atoms. The van der Waals surface area contributed by atoms with Crippen LogP contribution in [0.4, 0.5) is 0 Å². The fourth-order valence-corrected chi connectivity index (χ4v) is 3.63. The van der Waals surface area contributed by atoms with Gasteiger partial charge >= 0.3 is 0 Å². The van der Waals surface area contributed by atoms with Gasteiger partial charge < -0.3 is 10.1 Å². The van der Waals surface area contributed by atoms with Crippen molar-refractivity contribution in [1.29, 1.82) is 0 Å². The Balaban J connectivity index is 1.29. The van der Waals surface area contributed by atoms with E-state index in [2.05, 4.69) is 30.4 Å². The molecule has 2 saturated carbocycles. The molecule has 102 valence electrons. The monoisotopic (exact) mass is 257 g/mol. The van der Waals surface area contributed by atoms with Gasteiger partial charge in [-0.25, -0.2) is 0 Å². The largest absolute Gasteiger partial charge is 0.488 e. The van der Waals surface area contributed by atoms with Crippen molar-refractivity contribution in [1.82, 2.24) is 5.32 Å². The number of benzene rings is 1. The van der Waals surface area contributed by atoms with Crippen molar-refractivity contribution >= 4 is 0 Å². The van der Waals surface area contributed by atoms with Crippen LogP contribution in [0, 0.1) is 18.3 Å². The third-order valence-electron chi connectivity index (χ3n) is 5.14. The van der Waals surface area contributed by atoms with E-state index in [-0.39, 0.29) is 0 Å². The summed E-state index contributed by atoms with van der Waals surface area (Å²) in [6, 6.07) is 6.53. The molecule has 0 spiro atoms. The number of aryl methyl sites for hydroxylation is 1. The predicted octanol–water partition coefficient (Wildman–Crippen LogP) is 3.08. The molecule has 1 N–H and O–H groups in total. The fourth-order valence-electron chi connectivity index (χ4n) is 3.63. The number of hydrogen-bond acceptors (Lipinski definition) is 2. The van der Waals surface area contributed by atoms with Crippen molar-refractivity contribution in [3.05, 3.63) is 29.3 Å². The Bertz CT molecular complexity index is 488. The molecule has 1 aromatic rings. The normalized spacial score (nSPS) is 26.9. The van der Waals surface area contributed by atoms with Gasteiger partial charge in [0.05, 0.1) is 0 Å². The quantitative estimate of drug-likeness (QED) is 0.875. The molecule has 0 amide bonds. The van der Waals surface area contributed by atoms with Crippen LogP contribution in [0.15, 0.2) is 18.2 Å². The first-order chi connectivity index (χ1) is 9.25. The molecule has 0 aromatic heterocycles. The van der Waals surface area contributed by atoms with Gasteiger partial charge in [0.15, 0.2) is 0 Å². The van der Waals surface area contributed by atoms with E-state index < -0.39 is 0 Å². The van der Waals surface area contributed by atoms with Crippen LogP contribution in [0.3, 0.4) is 0 Å². The van der Waals surface area contributed by atoms with Gasteiger partial charge in [-0.15, -0.1) is 0 Å². The minimum Gasteiger partial charge on any atom is -0.488 e. The molecule has 2 heteroatoms. The summed E-state index contributed by atoms with van der Waals surface area (Å²) in [6.45, 7) is 4.37.